The van der Waals surface area contributed by atoms with Gasteiger partial charge in [0.25, 0.3) is 0 Å². The molecule has 0 aliphatic rings. The minimum atomic E-state index is -1.18. The van der Waals surface area contributed by atoms with Crippen LogP contribution in [0.5, 0.6) is 0 Å². The van der Waals surface area contributed by atoms with Gasteiger partial charge in [0.15, 0.2) is 5.23 Å². The fourth-order valence-electron chi connectivity index (χ4n) is 4.51. The zero-order chi connectivity index (χ0) is 28.6. The minimum absolute atomic E-state index is 0.196. The second-order valence-corrected chi connectivity index (χ2v) is 10.8. The van der Waals surface area contributed by atoms with E-state index in [1.165, 1.54) is 0 Å². The van der Waals surface area contributed by atoms with Crippen molar-refractivity contribution in [3.05, 3.63) is 107 Å². The maximum atomic E-state index is 12.4. The minimum Gasteiger partial charge on any atom is -0.480 e. The van der Waals surface area contributed by atoms with Crippen molar-refractivity contribution in [3.8, 4) is 11.1 Å². The van der Waals surface area contributed by atoms with Crippen LogP contribution in [-0.2, 0) is 16.0 Å². The Bertz CT molecular complexity index is 1560. The highest BCUT2D eigenvalue weighted by atomic mass is 32.2. The first-order valence-corrected chi connectivity index (χ1v) is 13.8. The van der Waals surface area contributed by atoms with Crippen LogP contribution in [0.3, 0.4) is 0 Å². The Labute approximate surface area is 235 Å². The van der Waals surface area contributed by atoms with Crippen LogP contribution in [0.25, 0.3) is 11.1 Å². The Balaban J connectivity index is 1.45. The molecule has 0 bridgehead atoms. The van der Waals surface area contributed by atoms with Crippen molar-refractivity contribution in [1.29, 1.82) is 0 Å². The van der Waals surface area contributed by atoms with E-state index in [4.69, 9.17) is 0 Å². The molecule has 204 valence electrons. The molecular formula is C31H30N4O4S. The number of anilines is 2. The van der Waals surface area contributed by atoms with E-state index in [1.807, 2.05) is 80.6 Å². The summed E-state index contributed by atoms with van der Waals surface area (Å²) in [6.07, 6.45) is 3.39. The number of amides is 2. The van der Waals surface area contributed by atoms with Gasteiger partial charge in [0.1, 0.15) is 6.04 Å². The second-order valence-electron chi connectivity index (χ2n) is 9.42. The Kier molecular flexibility index (Phi) is 9.24. The Hall–Kier alpha value is -4.56. The van der Waals surface area contributed by atoms with Crippen LogP contribution >= 0.6 is 10.7 Å². The summed E-state index contributed by atoms with van der Waals surface area (Å²) >= 11 is 0. The van der Waals surface area contributed by atoms with Gasteiger partial charge in [-0.2, -0.15) is 0 Å². The van der Waals surface area contributed by atoms with Gasteiger partial charge in [0.05, 0.1) is 0 Å². The van der Waals surface area contributed by atoms with Crippen LogP contribution in [0.1, 0.15) is 22.3 Å². The number of hydrogen-bond donors (Lipinski definition) is 4. The first-order chi connectivity index (χ1) is 19.2. The molecule has 0 saturated heterocycles. The predicted molar refractivity (Wildman–Crippen MR) is 159 cm³/mol. The number of aromatic nitrogens is 1. The van der Waals surface area contributed by atoms with Gasteiger partial charge in [-0.3, -0.25) is 9.78 Å². The number of carboxylic acid groups (broad SMARTS) is 1. The standard InChI is InChI=1S/C31H30N4O4S/c1-20-15-21(2)29(22(3)16-20)40(19-36)35-28(30(37)38)17-23-7-9-24(10-8-23)25-5-4-6-27(18-25)34-31(39)33-26-11-13-32-14-12-26/h4-16,18,28,35H,17H2,1-3H3,(H,37,38)(H2,32,33,34,39). The third-order valence-electron chi connectivity index (χ3n) is 6.24. The number of benzene rings is 3. The second kappa shape index (κ2) is 13.0. The molecule has 4 rings (SSSR count). The van der Waals surface area contributed by atoms with Crippen molar-refractivity contribution in [2.45, 2.75) is 38.1 Å². The first kappa shape index (κ1) is 28.4. The molecule has 0 aliphatic carbocycles. The Morgan fingerprint density at radius 3 is 2.15 bits per heavy atom. The van der Waals surface area contributed by atoms with Crippen LogP contribution in [0.15, 0.2) is 90.1 Å². The van der Waals surface area contributed by atoms with Crippen LogP contribution in [0.4, 0.5) is 16.2 Å². The maximum Gasteiger partial charge on any atom is 0.323 e. The lowest BCUT2D eigenvalue weighted by molar-refractivity contribution is -0.138. The summed E-state index contributed by atoms with van der Waals surface area (Å²) in [4.78, 5) is 41.1. The van der Waals surface area contributed by atoms with Gasteiger partial charge in [-0.25, -0.2) is 14.3 Å². The van der Waals surface area contributed by atoms with E-state index in [1.54, 1.807) is 30.6 Å². The van der Waals surface area contributed by atoms with Gasteiger partial charge in [0.2, 0.25) is 0 Å². The number of carbonyl (C=O) groups is 2. The molecule has 4 aromatic rings. The Morgan fingerprint density at radius 2 is 1.52 bits per heavy atom. The number of rotatable bonds is 9. The average molecular weight is 555 g/mol. The third kappa shape index (κ3) is 7.30. The monoisotopic (exact) mass is 554 g/mol. The molecule has 2 atom stereocenters. The topological polar surface area (TPSA) is 120 Å². The van der Waals surface area contributed by atoms with E-state index in [-0.39, 0.29) is 12.5 Å². The highest BCUT2D eigenvalue weighted by Gasteiger charge is 2.21. The zero-order valence-corrected chi connectivity index (χ0v) is 23.2. The number of carboxylic acids is 1. The molecule has 3 aromatic carbocycles. The molecule has 8 nitrogen and oxygen atoms in total. The van der Waals surface area contributed by atoms with Crippen molar-refractivity contribution in [2.75, 3.05) is 10.6 Å². The fourth-order valence-corrected chi connectivity index (χ4v) is 5.99. The maximum absolute atomic E-state index is 12.4. The van der Waals surface area contributed by atoms with Gasteiger partial charge >= 0.3 is 12.0 Å². The number of nitrogens with zero attached hydrogens (tertiary/aromatic N) is 1. The van der Waals surface area contributed by atoms with Crippen LogP contribution < -0.4 is 15.4 Å². The normalized spacial score (nSPS) is 12.2. The summed E-state index contributed by atoms with van der Waals surface area (Å²) in [7, 11) is -1.18. The van der Waals surface area contributed by atoms with Crippen molar-refractivity contribution in [3.63, 3.8) is 0 Å². The number of aryl methyl sites for hydroxylation is 3. The molecule has 4 N–H and O–H groups in total. The SMILES string of the molecule is Cc1cc(C)c(S(=C=O)NC(Cc2ccc(-c3cccc(NC(=O)Nc4ccncc4)c3)cc2)C(=O)O)c(C)c1. The smallest absolute Gasteiger partial charge is 0.323 e. The zero-order valence-electron chi connectivity index (χ0n) is 22.4. The molecular weight excluding hydrogens is 524 g/mol. The van der Waals surface area contributed by atoms with Crippen molar-refractivity contribution in [1.82, 2.24) is 9.71 Å². The van der Waals surface area contributed by atoms with Crippen molar-refractivity contribution < 1.29 is 19.5 Å². The molecule has 1 heterocycles. The number of aliphatic carboxylic acids is 1. The Morgan fingerprint density at radius 1 is 0.875 bits per heavy atom. The summed E-state index contributed by atoms with van der Waals surface area (Å²) in [6, 6.07) is 21.0. The number of hydrogen-bond acceptors (Lipinski definition) is 5. The number of pyridine rings is 1. The van der Waals surface area contributed by atoms with E-state index in [2.05, 4.69) is 20.3 Å². The van der Waals surface area contributed by atoms with Crippen LogP contribution in [-0.4, -0.2) is 33.4 Å². The summed E-state index contributed by atoms with van der Waals surface area (Å²) in [5.74, 6) is -1.04. The molecule has 0 fully saturated rings. The van der Waals surface area contributed by atoms with Crippen molar-refractivity contribution in [2.24, 2.45) is 0 Å². The first-order valence-electron chi connectivity index (χ1n) is 12.6. The lowest BCUT2D eigenvalue weighted by Crippen LogP contribution is -2.35. The number of urea groups is 1. The third-order valence-corrected chi connectivity index (χ3v) is 7.98. The van der Waals surface area contributed by atoms with E-state index in [9.17, 15) is 19.5 Å². The van der Waals surface area contributed by atoms with Crippen LogP contribution in [0, 0.1) is 20.8 Å². The molecule has 0 saturated carbocycles. The average Bonchev–Trinajstić information content (AvgIpc) is 2.92. The summed E-state index contributed by atoms with van der Waals surface area (Å²) in [5.41, 5.74) is 6.81. The molecule has 9 heteroatoms. The largest absolute Gasteiger partial charge is 0.480 e. The van der Waals surface area contributed by atoms with Gasteiger partial charge in [0, 0.05) is 28.7 Å². The molecule has 0 radical (unpaired) electrons. The van der Waals surface area contributed by atoms with Gasteiger partial charge < -0.3 is 15.7 Å². The lowest BCUT2D eigenvalue weighted by atomic mass is 10.0. The van der Waals surface area contributed by atoms with E-state index in [0.717, 1.165) is 38.3 Å². The number of nitrogens with one attached hydrogen (secondary N) is 3. The molecule has 0 aliphatic heterocycles. The van der Waals surface area contributed by atoms with Gasteiger partial charge in [-0.05, 0) is 89.9 Å². The summed E-state index contributed by atoms with van der Waals surface area (Å²) < 4.78 is 3.01. The van der Waals surface area contributed by atoms with E-state index in [0.29, 0.717) is 11.4 Å². The van der Waals surface area contributed by atoms with E-state index >= 15 is 0 Å². The molecule has 40 heavy (non-hydrogen) atoms. The van der Waals surface area contributed by atoms with Gasteiger partial charge in [-0.15, -0.1) is 0 Å². The van der Waals surface area contributed by atoms with E-state index < -0.39 is 22.7 Å². The van der Waals surface area contributed by atoms with Crippen molar-refractivity contribution >= 4 is 39.3 Å². The van der Waals surface area contributed by atoms with Gasteiger partial charge in [-0.1, -0.05) is 54.1 Å². The summed E-state index contributed by atoms with van der Waals surface area (Å²) in [5, 5.41) is 17.5. The predicted octanol–water partition coefficient (Wildman–Crippen LogP) is 6.21. The highest BCUT2D eigenvalue weighted by molar-refractivity contribution is 8.12. The molecule has 2 unspecified atom stereocenters. The fraction of sp³-hybridized carbons (Fsp3) is 0.161. The highest BCUT2D eigenvalue weighted by Crippen LogP contribution is 2.31. The molecule has 0 spiro atoms. The summed E-state index contributed by atoms with van der Waals surface area (Å²) in [6.45, 7) is 5.82. The lowest BCUT2D eigenvalue weighted by Gasteiger charge is -2.19. The van der Waals surface area contributed by atoms with Crippen LogP contribution in [0.2, 0.25) is 0 Å². The number of carbonyl (C=O) groups excluding carboxylic acids is 2. The molecule has 2 amide bonds. The quantitative estimate of drug-likeness (QED) is 0.183. The molecule has 1 aromatic heterocycles.